The third-order valence-corrected chi connectivity index (χ3v) is 2.29. The van der Waals surface area contributed by atoms with Crippen molar-refractivity contribution in [3.05, 3.63) is 60.7 Å². The van der Waals surface area contributed by atoms with E-state index in [-0.39, 0.29) is 5.97 Å². The molecule has 0 atom stereocenters. The highest BCUT2D eigenvalue weighted by Crippen LogP contribution is 2.01. The molecule has 0 bridgehead atoms. The average molecular weight is 254 g/mol. The standard InChI is InChI=1S/C17H18O2/c1-2-3-4-5-6-7-8-12-15-19-17(18)16-13-10-9-11-14-16/h2,4-5,9-11,13-14H,1,3,8,12,15H2/b5-4+. The lowest BCUT2D eigenvalue weighted by molar-refractivity contribution is 0.0502. The summed E-state index contributed by atoms with van der Waals surface area (Å²) in [5, 5.41) is 0. The quantitative estimate of drug-likeness (QED) is 0.334. The van der Waals surface area contributed by atoms with Gasteiger partial charge in [0.05, 0.1) is 12.2 Å². The highest BCUT2D eigenvalue weighted by molar-refractivity contribution is 5.89. The smallest absolute Gasteiger partial charge is 0.338 e. The number of carbonyl (C=O) groups excluding carboxylic acids is 1. The Morgan fingerprint density at radius 2 is 2.11 bits per heavy atom. The van der Waals surface area contributed by atoms with Crippen molar-refractivity contribution >= 4 is 5.97 Å². The summed E-state index contributed by atoms with van der Waals surface area (Å²) in [4.78, 5) is 11.6. The van der Waals surface area contributed by atoms with Gasteiger partial charge in [0.25, 0.3) is 0 Å². The van der Waals surface area contributed by atoms with E-state index in [1.54, 1.807) is 12.1 Å². The molecule has 0 spiro atoms. The number of esters is 1. The van der Waals surface area contributed by atoms with Crippen LogP contribution in [0.25, 0.3) is 0 Å². The maximum Gasteiger partial charge on any atom is 0.338 e. The van der Waals surface area contributed by atoms with Gasteiger partial charge in [0.1, 0.15) is 0 Å². The van der Waals surface area contributed by atoms with Crippen molar-refractivity contribution in [1.29, 1.82) is 0 Å². The zero-order valence-corrected chi connectivity index (χ0v) is 11.0. The van der Waals surface area contributed by atoms with Gasteiger partial charge in [-0.05, 0) is 31.1 Å². The summed E-state index contributed by atoms with van der Waals surface area (Å²) in [6.45, 7) is 4.01. The molecule has 0 heterocycles. The maximum atomic E-state index is 11.6. The molecule has 0 saturated carbocycles. The van der Waals surface area contributed by atoms with Crippen LogP contribution in [0.5, 0.6) is 0 Å². The highest BCUT2D eigenvalue weighted by Gasteiger charge is 2.04. The Morgan fingerprint density at radius 3 is 2.84 bits per heavy atom. The number of ether oxygens (including phenoxy) is 1. The molecule has 1 aromatic carbocycles. The van der Waals surface area contributed by atoms with Gasteiger partial charge in [-0.2, -0.15) is 0 Å². The van der Waals surface area contributed by atoms with Gasteiger partial charge in [0, 0.05) is 6.42 Å². The van der Waals surface area contributed by atoms with Crippen LogP contribution in [0.3, 0.4) is 0 Å². The first-order chi connectivity index (χ1) is 9.34. The summed E-state index contributed by atoms with van der Waals surface area (Å²) in [5.41, 5.74) is 0.584. The van der Waals surface area contributed by atoms with E-state index < -0.39 is 0 Å². The van der Waals surface area contributed by atoms with E-state index in [1.807, 2.05) is 36.4 Å². The molecular weight excluding hydrogens is 236 g/mol. The summed E-state index contributed by atoms with van der Waals surface area (Å²) in [6.07, 6.45) is 7.90. The summed E-state index contributed by atoms with van der Waals surface area (Å²) in [6, 6.07) is 8.99. The van der Waals surface area contributed by atoms with Gasteiger partial charge < -0.3 is 4.74 Å². The predicted molar refractivity (Wildman–Crippen MR) is 77.7 cm³/mol. The molecule has 0 unspecified atom stereocenters. The van der Waals surface area contributed by atoms with Gasteiger partial charge in [-0.3, -0.25) is 0 Å². The Labute approximate surface area is 114 Å². The molecule has 0 amide bonds. The number of rotatable bonds is 6. The van der Waals surface area contributed by atoms with Crippen LogP contribution in [0, 0.1) is 11.8 Å². The number of benzene rings is 1. The van der Waals surface area contributed by atoms with Crippen molar-refractivity contribution in [2.45, 2.75) is 19.3 Å². The fourth-order valence-electron chi connectivity index (χ4n) is 1.34. The molecule has 0 N–H and O–H groups in total. The second-order valence-corrected chi connectivity index (χ2v) is 3.85. The molecule has 1 aromatic rings. The fraction of sp³-hybridized carbons (Fsp3) is 0.235. The molecule has 0 saturated heterocycles. The van der Waals surface area contributed by atoms with Crippen molar-refractivity contribution in [2.24, 2.45) is 0 Å². The molecule has 2 heteroatoms. The van der Waals surface area contributed by atoms with Crippen LogP contribution in [0.15, 0.2) is 55.1 Å². The van der Waals surface area contributed by atoms with Crippen LogP contribution in [0.1, 0.15) is 29.6 Å². The summed E-state index contributed by atoms with van der Waals surface area (Å²) < 4.78 is 5.14. The van der Waals surface area contributed by atoms with Gasteiger partial charge in [-0.1, -0.05) is 42.2 Å². The molecule has 0 aliphatic heterocycles. The summed E-state index contributed by atoms with van der Waals surface area (Å²) >= 11 is 0. The topological polar surface area (TPSA) is 26.3 Å². The van der Waals surface area contributed by atoms with Crippen LogP contribution in [0.2, 0.25) is 0 Å². The minimum atomic E-state index is -0.278. The van der Waals surface area contributed by atoms with E-state index in [4.69, 9.17) is 4.74 Å². The summed E-state index contributed by atoms with van der Waals surface area (Å²) in [5.74, 6) is 5.64. The summed E-state index contributed by atoms with van der Waals surface area (Å²) in [7, 11) is 0. The number of hydrogen-bond acceptors (Lipinski definition) is 2. The van der Waals surface area contributed by atoms with Gasteiger partial charge in [0.2, 0.25) is 0 Å². The molecular formula is C17H18O2. The normalized spacial score (nSPS) is 9.68. The van der Waals surface area contributed by atoms with E-state index in [0.29, 0.717) is 12.2 Å². The largest absolute Gasteiger partial charge is 0.462 e. The Kier molecular flexibility index (Phi) is 7.57. The first-order valence-electron chi connectivity index (χ1n) is 6.31. The van der Waals surface area contributed by atoms with E-state index in [2.05, 4.69) is 18.4 Å². The Bertz CT molecular complexity index is 475. The van der Waals surface area contributed by atoms with Crippen LogP contribution >= 0.6 is 0 Å². The van der Waals surface area contributed by atoms with E-state index >= 15 is 0 Å². The molecule has 0 radical (unpaired) electrons. The monoisotopic (exact) mass is 254 g/mol. The van der Waals surface area contributed by atoms with Crippen LogP contribution in [0.4, 0.5) is 0 Å². The van der Waals surface area contributed by atoms with Gasteiger partial charge in [-0.25, -0.2) is 4.79 Å². The maximum absolute atomic E-state index is 11.6. The van der Waals surface area contributed by atoms with Gasteiger partial charge in [-0.15, -0.1) is 6.58 Å². The first-order valence-corrected chi connectivity index (χ1v) is 6.31. The number of hydrogen-bond donors (Lipinski definition) is 0. The number of unbranched alkanes of at least 4 members (excludes halogenated alkanes) is 1. The van der Waals surface area contributed by atoms with E-state index in [9.17, 15) is 4.79 Å². The minimum absolute atomic E-state index is 0.278. The molecule has 0 aliphatic carbocycles. The molecule has 0 aliphatic rings. The predicted octanol–water partition coefficient (Wildman–Crippen LogP) is 3.76. The number of carbonyl (C=O) groups is 1. The zero-order chi connectivity index (χ0) is 13.8. The third-order valence-electron chi connectivity index (χ3n) is 2.29. The lowest BCUT2D eigenvalue weighted by Gasteiger charge is -2.02. The second kappa shape index (κ2) is 9.73. The molecule has 19 heavy (non-hydrogen) atoms. The minimum Gasteiger partial charge on any atom is -0.462 e. The van der Waals surface area contributed by atoms with Crippen LogP contribution < -0.4 is 0 Å². The fourth-order valence-corrected chi connectivity index (χ4v) is 1.34. The van der Waals surface area contributed by atoms with Crippen molar-refractivity contribution < 1.29 is 9.53 Å². The number of allylic oxidation sites excluding steroid dienone is 3. The lowest BCUT2D eigenvalue weighted by atomic mass is 10.2. The Hall–Kier alpha value is -2.27. The van der Waals surface area contributed by atoms with E-state index in [1.165, 1.54) is 0 Å². The van der Waals surface area contributed by atoms with Crippen molar-refractivity contribution in [3.8, 4) is 11.8 Å². The van der Waals surface area contributed by atoms with E-state index in [0.717, 1.165) is 19.3 Å². The van der Waals surface area contributed by atoms with Crippen LogP contribution in [-0.2, 0) is 4.74 Å². The zero-order valence-electron chi connectivity index (χ0n) is 11.0. The SMILES string of the molecule is C=CC/C=C/C#CCCCOC(=O)c1ccccc1. The van der Waals surface area contributed by atoms with Gasteiger partial charge in [0.15, 0.2) is 0 Å². The molecule has 0 fully saturated rings. The highest BCUT2D eigenvalue weighted by atomic mass is 16.5. The lowest BCUT2D eigenvalue weighted by Crippen LogP contribution is -2.05. The molecule has 2 nitrogen and oxygen atoms in total. The molecule has 98 valence electrons. The first kappa shape index (κ1) is 14.8. The Balaban J connectivity index is 2.14. The second-order valence-electron chi connectivity index (χ2n) is 3.85. The van der Waals surface area contributed by atoms with Crippen molar-refractivity contribution in [3.63, 3.8) is 0 Å². The average Bonchev–Trinajstić information content (AvgIpc) is 2.46. The Morgan fingerprint density at radius 1 is 1.32 bits per heavy atom. The molecule has 0 aromatic heterocycles. The third kappa shape index (κ3) is 6.90. The van der Waals surface area contributed by atoms with Crippen LogP contribution in [-0.4, -0.2) is 12.6 Å². The van der Waals surface area contributed by atoms with Crippen molar-refractivity contribution in [2.75, 3.05) is 6.61 Å². The molecule has 1 rings (SSSR count). The van der Waals surface area contributed by atoms with Gasteiger partial charge >= 0.3 is 5.97 Å². The van der Waals surface area contributed by atoms with Crippen molar-refractivity contribution in [1.82, 2.24) is 0 Å².